The molecule has 0 spiro atoms. The van der Waals surface area contributed by atoms with Crippen LogP contribution in [0.3, 0.4) is 0 Å². The zero-order valence-electron chi connectivity index (χ0n) is 24.3. The van der Waals surface area contributed by atoms with E-state index in [0.717, 1.165) is 57.2 Å². The van der Waals surface area contributed by atoms with Gasteiger partial charge in [-0.05, 0) is 59.5 Å². The molecule has 0 bridgehead atoms. The Labute approximate surface area is 247 Å². The maximum absolute atomic E-state index is 13.1. The number of ether oxygens (including phenoxy) is 2. The van der Waals surface area contributed by atoms with Gasteiger partial charge in [-0.15, -0.1) is 0 Å². The predicted octanol–water partition coefficient (Wildman–Crippen LogP) is 4.29. The van der Waals surface area contributed by atoms with Crippen LogP contribution in [0.2, 0.25) is 0 Å². The van der Waals surface area contributed by atoms with Crippen molar-refractivity contribution in [3.63, 3.8) is 0 Å². The fourth-order valence-corrected chi connectivity index (χ4v) is 5.74. The molecule has 1 N–H and O–H groups in total. The van der Waals surface area contributed by atoms with Gasteiger partial charge in [-0.3, -0.25) is 14.6 Å². The largest absolute Gasteiger partial charge is 0.454 e. The number of nitrogens with one attached hydrogen (secondary N) is 1. The van der Waals surface area contributed by atoms with E-state index < -0.39 is 0 Å². The third-order valence-corrected chi connectivity index (χ3v) is 8.38. The highest BCUT2D eigenvalue weighted by atomic mass is 16.7. The number of hydrogen-bond donors (Lipinski definition) is 1. The van der Waals surface area contributed by atoms with Gasteiger partial charge >= 0.3 is 6.03 Å². The number of urea groups is 1. The van der Waals surface area contributed by atoms with Gasteiger partial charge in [0.05, 0.1) is 0 Å². The second kappa shape index (κ2) is 12.8. The van der Waals surface area contributed by atoms with Crippen LogP contribution in [-0.4, -0.2) is 90.7 Å². The minimum absolute atomic E-state index is 0.0402. The van der Waals surface area contributed by atoms with E-state index in [2.05, 4.69) is 52.4 Å². The number of piperazine rings is 2. The van der Waals surface area contributed by atoms with Crippen LogP contribution in [0.1, 0.15) is 34.0 Å². The van der Waals surface area contributed by atoms with E-state index in [0.29, 0.717) is 37.4 Å². The minimum Gasteiger partial charge on any atom is -0.454 e. The van der Waals surface area contributed by atoms with Crippen LogP contribution < -0.4 is 14.8 Å². The summed E-state index contributed by atoms with van der Waals surface area (Å²) >= 11 is 0. The molecule has 0 radical (unpaired) electrons. The fourth-order valence-electron chi connectivity index (χ4n) is 5.74. The number of fused-ring (bicyclic) bond motifs is 1. The van der Waals surface area contributed by atoms with Crippen molar-refractivity contribution in [3.8, 4) is 11.5 Å². The number of nitrogens with zero attached hydrogens (tertiary/aromatic N) is 4. The SMILES string of the molecule is CCc1ccc(CN2CCN(C(=O)c3ccc(NC(=O)N4CCN(Cc5ccc6c(c5)OCO6)CC4)cc3)CC2)cc1. The number of amides is 3. The second-order valence-electron chi connectivity index (χ2n) is 11.2. The highest BCUT2D eigenvalue weighted by Crippen LogP contribution is 2.33. The van der Waals surface area contributed by atoms with Gasteiger partial charge in [0.15, 0.2) is 11.5 Å². The molecule has 2 fully saturated rings. The minimum atomic E-state index is -0.114. The zero-order valence-corrected chi connectivity index (χ0v) is 24.3. The lowest BCUT2D eigenvalue weighted by molar-refractivity contribution is 0.0628. The van der Waals surface area contributed by atoms with E-state index in [1.54, 1.807) is 0 Å². The molecule has 6 rings (SSSR count). The number of benzene rings is 3. The first-order valence-corrected chi connectivity index (χ1v) is 14.9. The highest BCUT2D eigenvalue weighted by molar-refractivity contribution is 5.95. The fraction of sp³-hybridized carbons (Fsp3) is 0.394. The molecule has 0 saturated carbocycles. The number of anilines is 1. The maximum atomic E-state index is 13.1. The van der Waals surface area contributed by atoms with Crippen molar-refractivity contribution in [2.75, 3.05) is 64.5 Å². The molecular weight excluding hydrogens is 530 g/mol. The van der Waals surface area contributed by atoms with Crippen LogP contribution in [0.5, 0.6) is 11.5 Å². The van der Waals surface area contributed by atoms with Crippen LogP contribution in [-0.2, 0) is 19.5 Å². The molecule has 3 aromatic rings. The van der Waals surface area contributed by atoms with Crippen molar-refractivity contribution in [1.29, 1.82) is 0 Å². The smallest absolute Gasteiger partial charge is 0.321 e. The van der Waals surface area contributed by atoms with E-state index in [4.69, 9.17) is 9.47 Å². The van der Waals surface area contributed by atoms with Crippen molar-refractivity contribution >= 4 is 17.6 Å². The van der Waals surface area contributed by atoms with Crippen LogP contribution >= 0.6 is 0 Å². The third kappa shape index (κ3) is 6.69. The average Bonchev–Trinajstić information content (AvgIpc) is 3.50. The normalized spacial score (nSPS) is 17.4. The van der Waals surface area contributed by atoms with Gasteiger partial charge < -0.3 is 24.6 Å². The molecule has 0 atom stereocenters. The molecule has 0 aliphatic carbocycles. The van der Waals surface area contributed by atoms with Crippen LogP contribution in [0.15, 0.2) is 66.7 Å². The molecule has 9 heteroatoms. The molecule has 3 aliphatic rings. The van der Waals surface area contributed by atoms with Crippen LogP contribution in [0.4, 0.5) is 10.5 Å². The number of aryl methyl sites for hydroxylation is 1. The lowest BCUT2D eigenvalue weighted by Gasteiger charge is -2.35. The Kier molecular flexibility index (Phi) is 8.58. The van der Waals surface area contributed by atoms with Gasteiger partial charge in [-0.25, -0.2) is 4.79 Å². The molecule has 42 heavy (non-hydrogen) atoms. The Balaban J connectivity index is 0.932. The van der Waals surface area contributed by atoms with E-state index in [9.17, 15) is 9.59 Å². The highest BCUT2D eigenvalue weighted by Gasteiger charge is 2.24. The van der Waals surface area contributed by atoms with E-state index in [-0.39, 0.29) is 18.7 Å². The number of hydrogen-bond acceptors (Lipinski definition) is 6. The van der Waals surface area contributed by atoms with Gasteiger partial charge in [-0.1, -0.05) is 37.3 Å². The Morgan fingerprint density at radius 3 is 1.90 bits per heavy atom. The lowest BCUT2D eigenvalue weighted by Crippen LogP contribution is -2.49. The van der Waals surface area contributed by atoms with E-state index in [1.165, 1.54) is 16.7 Å². The average molecular weight is 570 g/mol. The summed E-state index contributed by atoms with van der Waals surface area (Å²) in [5.74, 6) is 1.63. The van der Waals surface area contributed by atoms with Gasteiger partial charge in [0.2, 0.25) is 6.79 Å². The quantitative estimate of drug-likeness (QED) is 0.458. The first kappa shape index (κ1) is 28.1. The van der Waals surface area contributed by atoms with Gasteiger partial charge in [0.1, 0.15) is 0 Å². The maximum Gasteiger partial charge on any atom is 0.321 e. The number of carbonyl (C=O) groups excluding carboxylic acids is 2. The molecule has 2 saturated heterocycles. The number of rotatable bonds is 7. The molecule has 0 aromatic heterocycles. The molecule has 0 unspecified atom stereocenters. The summed E-state index contributed by atoms with van der Waals surface area (Å²) < 4.78 is 10.9. The van der Waals surface area contributed by atoms with Crippen LogP contribution in [0.25, 0.3) is 0 Å². The molecule has 220 valence electrons. The Morgan fingerprint density at radius 2 is 1.24 bits per heavy atom. The van der Waals surface area contributed by atoms with E-state index in [1.807, 2.05) is 46.2 Å². The zero-order chi connectivity index (χ0) is 28.9. The molecule has 3 amide bonds. The second-order valence-corrected chi connectivity index (χ2v) is 11.2. The van der Waals surface area contributed by atoms with E-state index >= 15 is 0 Å². The predicted molar refractivity (Wildman–Crippen MR) is 162 cm³/mol. The first-order chi connectivity index (χ1) is 20.5. The summed E-state index contributed by atoms with van der Waals surface area (Å²) in [6.07, 6.45) is 1.05. The third-order valence-electron chi connectivity index (χ3n) is 8.38. The summed E-state index contributed by atoms with van der Waals surface area (Å²) in [7, 11) is 0. The van der Waals surface area contributed by atoms with Crippen molar-refractivity contribution in [2.24, 2.45) is 0 Å². The first-order valence-electron chi connectivity index (χ1n) is 14.9. The van der Waals surface area contributed by atoms with Gasteiger partial charge in [-0.2, -0.15) is 0 Å². The van der Waals surface area contributed by atoms with Crippen molar-refractivity contribution in [1.82, 2.24) is 19.6 Å². The monoisotopic (exact) mass is 569 g/mol. The Morgan fingerprint density at radius 1 is 0.667 bits per heavy atom. The molecule has 9 nitrogen and oxygen atoms in total. The molecule has 3 heterocycles. The standard InChI is InChI=1S/C33H39N5O4/c1-2-25-3-5-26(6-4-25)22-35-13-17-37(18-14-35)32(39)28-8-10-29(11-9-28)34-33(40)38-19-15-36(16-20-38)23-27-7-12-30-31(21-27)42-24-41-30/h3-12,21H,2,13-20,22-24H2,1H3,(H,34,40). The topological polar surface area (TPSA) is 77.6 Å². The molecule has 3 aromatic carbocycles. The lowest BCUT2D eigenvalue weighted by atomic mass is 10.1. The summed E-state index contributed by atoms with van der Waals surface area (Å²) in [6, 6.07) is 22.0. The Bertz CT molecular complexity index is 1380. The molecule has 3 aliphatic heterocycles. The summed E-state index contributed by atoms with van der Waals surface area (Å²) in [5.41, 5.74) is 5.18. The summed E-state index contributed by atoms with van der Waals surface area (Å²) in [6.45, 7) is 10.2. The summed E-state index contributed by atoms with van der Waals surface area (Å²) in [4.78, 5) is 34.5. The molecular formula is C33H39N5O4. The van der Waals surface area contributed by atoms with Gasteiger partial charge in [0, 0.05) is 76.7 Å². The Hall–Kier alpha value is -4.08. The summed E-state index contributed by atoms with van der Waals surface area (Å²) in [5, 5.41) is 2.99. The van der Waals surface area contributed by atoms with Gasteiger partial charge in [0.25, 0.3) is 5.91 Å². The van der Waals surface area contributed by atoms with Crippen molar-refractivity contribution < 1.29 is 19.1 Å². The van der Waals surface area contributed by atoms with Crippen LogP contribution in [0, 0.1) is 0 Å². The number of carbonyl (C=O) groups is 2. The van der Waals surface area contributed by atoms with Crippen molar-refractivity contribution in [2.45, 2.75) is 26.4 Å². The van der Waals surface area contributed by atoms with Crippen molar-refractivity contribution in [3.05, 3.63) is 89.0 Å².